The maximum absolute atomic E-state index is 13.5. The van der Waals surface area contributed by atoms with Crippen LogP contribution in [0.2, 0.25) is 0 Å². The van der Waals surface area contributed by atoms with Gasteiger partial charge in [-0.15, -0.1) is 0 Å². The van der Waals surface area contributed by atoms with Crippen LogP contribution in [0.4, 0.5) is 8.78 Å². The molecule has 1 unspecified atom stereocenters. The van der Waals surface area contributed by atoms with Crippen LogP contribution >= 0.6 is 11.8 Å². The summed E-state index contributed by atoms with van der Waals surface area (Å²) in [5, 5.41) is 6.83. The average Bonchev–Trinajstić information content (AvgIpc) is 2.96. The lowest BCUT2D eigenvalue weighted by molar-refractivity contribution is 0.581. The molecule has 0 saturated carbocycles. The molecule has 0 spiro atoms. The molecular weight excluding hydrogens is 280 g/mol. The van der Waals surface area contributed by atoms with Gasteiger partial charge in [0, 0.05) is 31.0 Å². The highest BCUT2D eigenvalue weighted by Gasteiger charge is 2.15. The molecule has 1 heterocycles. The zero-order chi connectivity index (χ0) is 14.4. The minimum Gasteiger partial charge on any atom is -0.355 e. The van der Waals surface area contributed by atoms with Crippen LogP contribution in [0.15, 0.2) is 23.2 Å². The molecule has 110 valence electrons. The summed E-state index contributed by atoms with van der Waals surface area (Å²) in [6.45, 7) is 1.05. The Bertz CT molecular complexity index is 473. The molecule has 3 nitrogen and oxygen atoms in total. The Morgan fingerprint density at radius 1 is 1.40 bits per heavy atom. The van der Waals surface area contributed by atoms with Gasteiger partial charge in [-0.25, -0.2) is 8.78 Å². The van der Waals surface area contributed by atoms with E-state index in [-0.39, 0.29) is 6.54 Å². The van der Waals surface area contributed by atoms with Crippen LogP contribution in [0, 0.1) is 11.6 Å². The van der Waals surface area contributed by atoms with Crippen LogP contribution in [-0.4, -0.2) is 30.6 Å². The molecule has 1 aromatic carbocycles. The Hall–Kier alpha value is -1.30. The molecule has 0 radical (unpaired) electrons. The van der Waals surface area contributed by atoms with Crippen LogP contribution in [-0.2, 0) is 6.54 Å². The predicted molar refractivity (Wildman–Crippen MR) is 80.0 cm³/mol. The van der Waals surface area contributed by atoms with Crippen LogP contribution in [0.25, 0.3) is 0 Å². The summed E-state index contributed by atoms with van der Waals surface area (Å²) in [6.07, 6.45) is 2.48. The number of halogens is 2. The van der Waals surface area contributed by atoms with E-state index in [9.17, 15) is 8.78 Å². The minimum atomic E-state index is -0.437. The Labute approximate surface area is 122 Å². The van der Waals surface area contributed by atoms with Gasteiger partial charge in [-0.05, 0) is 36.8 Å². The first-order chi connectivity index (χ1) is 9.69. The number of hydrogen-bond acceptors (Lipinski definition) is 2. The summed E-state index contributed by atoms with van der Waals surface area (Å²) in [4.78, 5) is 4.09. The first-order valence-corrected chi connectivity index (χ1v) is 7.74. The van der Waals surface area contributed by atoms with Crippen molar-refractivity contribution in [1.82, 2.24) is 10.6 Å². The number of aliphatic imine (C=N–C) groups is 1. The lowest BCUT2D eigenvalue weighted by atomic mass is 10.2. The second-order valence-corrected chi connectivity index (χ2v) is 6.09. The van der Waals surface area contributed by atoms with Gasteiger partial charge >= 0.3 is 0 Å². The third-order valence-electron chi connectivity index (χ3n) is 3.20. The smallest absolute Gasteiger partial charge is 0.191 e. The van der Waals surface area contributed by atoms with Crippen molar-refractivity contribution in [3.05, 3.63) is 35.4 Å². The second kappa shape index (κ2) is 7.47. The highest BCUT2D eigenvalue weighted by Crippen LogP contribution is 2.25. The molecule has 1 aliphatic rings. The van der Waals surface area contributed by atoms with Gasteiger partial charge in [0.25, 0.3) is 0 Å². The Balaban J connectivity index is 1.82. The summed E-state index contributed by atoms with van der Waals surface area (Å²) in [7, 11) is 1.67. The van der Waals surface area contributed by atoms with E-state index in [0.717, 1.165) is 18.7 Å². The summed E-state index contributed by atoms with van der Waals surface area (Å²) in [6, 6.07) is 3.45. The van der Waals surface area contributed by atoms with E-state index >= 15 is 0 Å². The van der Waals surface area contributed by atoms with E-state index in [4.69, 9.17) is 0 Å². The Morgan fingerprint density at radius 2 is 2.25 bits per heavy atom. The fraction of sp³-hybridized carbons (Fsp3) is 0.500. The summed E-state index contributed by atoms with van der Waals surface area (Å²) in [5.74, 6) is 0.975. The van der Waals surface area contributed by atoms with E-state index in [1.54, 1.807) is 7.05 Å². The van der Waals surface area contributed by atoms with E-state index < -0.39 is 11.6 Å². The third-order valence-corrected chi connectivity index (χ3v) is 4.60. The number of hydrogen-bond donors (Lipinski definition) is 2. The van der Waals surface area contributed by atoms with Crippen molar-refractivity contribution in [2.24, 2.45) is 4.99 Å². The molecule has 2 rings (SSSR count). The van der Waals surface area contributed by atoms with E-state index in [2.05, 4.69) is 15.6 Å². The van der Waals surface area contributed by atoms with Crippen LogP contribution in [0.1, 0.15) is 18.4 Å². The highest BCUT2D eigenvalue weighted by molar-refractivity contribution is 8.00. The standard InChI is InChI=1S/C14H19F2N3S/c1-17-14(19-9-12-3-2-6-20-12)18-8-10-7-11(15)4-5-13(10)16/h4-5,7,12H,2-3,6,8-9H2,1H3,(H2,17,18,19). The third kappa shape index (κ3) is 4.37. The molecule has 0 amide bonds. The van der Waals surface area contributed by atoms with Gasteiger partial charge < -0.3 is 10.6 Å². The van der Waals surface area contributed by atoms with Gasteiger partial charge in [0.05, 0.1) is 0 Å². The SMILES string of the molecule is CN=C(NCc1cc(F)ccc1F)NCC1CCCS1. The number of rotatable bonds is 4. The number of nitrogens with zero attached hydrogens (tertiary/aromatic N) is 1. The zero-order valence-electron chi connectivity index (χ0n) is 11.5. The van der Waals surface area contributed by atoms with Crippen molar-refractivity contribution in [3.8, 4) is 0 Å². The van der Waals surface area contributed by atoms with Crippen molar-refractivity contribution >= 4 is 17.7 Å². The molecule has 1 atom stereocenters. The first-order valence-electron chi connectivity index (χ1n) is 6.69. The molecule has 2 N–H and O–H groups in total. The zero-order valence-corrected chi connectivity index (χ0v) is 12.3. The van der Waals surface area contributed by atoms with E-state index in [0.29, 0.717) is 16.8 Å². The molecule has 1 aliphatic heterocycles. The van der Waals surface area contributed by atoms with Crippen molar-refractivity contribution in [2.75, 3.05) is 19.3 Å². The topological polar surface area (TPSA) is 36.4 Å². The molecule has 1 aromatic rings. The second-order valence-electron chi connectivity index (χ2n) is 4.68. The Kier molecular flexibility index (Phi) is 5.64. The highest BCUT2D eigenvalue weighted by atomic mass is 32.2. The molecule has 1 fully saturated rings. The van der Waals surface area contributed by atoms with Gasteiger partial charge in [0.2, 0.25) is 0 Å². The van der Waals surface area contributed by atoms with Gasteiger partial charge in [0.15, 0.2) is 5.96 Å². The van der Waals surface area contributed by atoms with Crippen LogP contribution in [0.3, 0.4) is 0 Å². The number of nitrogens with one attached hydrogen (secondary N) is 2. The van der Waals surface area contributed by atoms with Crippen molar-refractivity contribution in [1.29, 1.82) is 0 Å². The predicted octanol–water partition coefficient (Wildman–Crippen LogP) is 2.53. The molecular formula is C14H19F2N3S. The van der Waals surface area contributed by atoms with Crippen molar-refractivity contribution in [3.63, 3.8) is 0 Å². The summed E-state index contributed by atoms with van der Waals surface area (Å²) < 4.78 is 26.5. The molecule has 0 aromatic heterocycles. The number of thioether (sulfide) groups is 1. The van der Waals surface area contributed by atoms with Crippen LogP contribution < -0.4 is 10.6 Å². The lowest BCUT2D eigenvalue weighted by Gasteiger charge is -2.15. The monoisotopic (exact) mass is 299 g/mol. The maximum atomic E-state index is 13.5. The fourth-order valence-electron chi connectivity index (χ4n) is 2.09. The van der Waals surface area contributed by atoms with Gasteiger partial charge in [-0.3, -0.25) is 4.99 Å². The summed E-state index contributed by atoms with van der Waals surface area (Å²) in [5.41, 5.74) is 0.295. The van der Waals surface area contributed by atoms with Crippen molar-refractivity contribution < 1.29 is 8.78 Å². The minimum absolute atomic E-state index is 0.209. The van der Waals surface area contributed by atoms with Crippen molar-refractivity contribution in [2.45, 2.75) is 24.6 Å². The maximum Gasteiger partial charge on any atom is 0.191 e. The average molecular weight is 299 g/mol. The molecule has 1 saturated heterocycles. The largest absolute Gasteiger partial charge is 0.355 e. The molecule has 0 bridgehead atoms. The first kappa shape index (κ1) is 15.1. The lowest BCUT2D eigenvalue weighted by Crippen LogP contribution is -2.39. The van der Waals surface area contributed by atoms with Gasteiger partial charge in [-0.1, -0.05) is 0 Å². The molecule has 0 aliphatic carbocycles. The Morgan fingerprint density at radius 3 is 2.95 bits per heavy atom. The normalized spacial score (nSPS) is 19.1. The van der Waals surface area contributed by atoms with Gasteiger partial charge in [0.1, 0.15) is 11.6 Å². The number of benzene rings is 1. The quantitative estimate of drug-likeness (QED) is 0.662. The van der Waals surface area contributed by atoms with E-state index in [1.165, 1.54) is 24.7 Å². The molecule has 20 heavy (non-hydrogen) atoms. The number of guanidine groups is 1. The fourth-order valence-corrected chi connectivity index (χ4v) is 3.30. The molecule has 6 heteroatoms. The van der Waals surface area contributed by atoms with Crippen LogP contribution in [0.5, 0.6) is 0 Å². The van der Waals surface area contributed by atoms with Gasteiger partial charge in [-0.2, -0.15) is 11.8 Å². The van der Waals surface area contributed by atoms with E-state index in [1.807, 2.05) is 11.8 Å². The summed E-state index contributed by atoms with van der Waals surface area (Å²) >= 11 is 1.96.